The third kappa shape index (κ3) is 3.24. The van der Waals surface area contributed by atoms with E-state index in [0.29, 0.717) is 0 Å². The maximum Gasteiger partial charge on any atom is 0.261 e. The molecule has 2 aromatic rings. The van der Waals surface area contributed by atoms with Crippen LogP contribution >= 0.6 is 11.3 Å². The fraction of sp³-hybridized carbons (Fsp3) is 0.312. The van der Waals surface area contributed by atoms with Gasteiger partial charge in [0.05, 0.1) is 10.9 Å². The summed E-state index contributed by atoms with van der Waals surface area (Å²) in [7, 11) is 0. The van der Waals surface area contributed by atoms with Crippen LogP contribution in [0.15, 0.2) is 36.4 Å². The molecule has 1 aromatic heterocycles. The standard InChI is InChI=1S/C16H19NOS/c1-4-14-11(2)10-15(19-14)16(18)17-12(3)13-8-6-5-7-9-13/h5-10,12H,4H2,1-3H3,(H,17,18)/t12-/m0/s1. The van der Waals surface area contributed by atoms with Crippen molar-refractivity contribution in [3.05, 3.63) is 57.3 Å². The van der Waals surface area contributed by atoms with Crippen LogP contribution in [0.5, 0.6) is 0 Å². The van der Waals surface area contributed by atoms with Gasteiger partial charge in [0.15, 0.2) is 0 Å². The zero-order valence-corrected chi connectivity index (χ0v) is 12.4. The number of hydrogen-bond acceptors (Lipinski definition) is 2. The first-order valence-electron chi connectivity index (χ1n) is 6.57. The van der Waals surface area contributed by atoms with Gasteiger partial charge in [-0.25, -0.2) is 0 Å². The van der Waals surface area contributed by atoms with Gasteiger partial charge >= 0.3 is 0 Å². The molecule has 2 rings (SSSR count). The highest BCUT2D eigenvalue weighted by Crippen LogP contribution is 2.23. The Balaban J connectivity index is 2.08. The molecule has 0 aliphatic heterocycles. The van der Waals surface area contributed by atoms with Crippen molar-refractivity contribution in [3.63, 3.8) is 0 Å². The van der Waals surface area contributed by atoms with Gasteiger partial charge in [-0.1, -0.05) is 37.3 Å². The molecular weight excluding hydrogens is 254 g/mol. The number of thiophene rings is 1. The van der Waals surface area contributed by atoms with Gasteiger partial charge in [-0.15, -0.1) is 11.3 Å². The number of benzene rings is 1. The lowest BCUT2D eigenvalue weighted by Gasteiger charge is -2.13. The van der Waals surface area contributed by atoms with Gasteiger partial charge in [0, 0.05) is 4.88 Å². The Labute approximate surface area is 118 Å². The summed E-state index contributed by atoms with van der Waals surface area (Å²) in [6.07, 6.45) is 0.984. The van der Waals surface area contributed by atoms with E-state index >= 15 is 0 Å². The Morgan fingerprint density at radius 3 is 2.58 bits per heavy atom. The summed E-state index contributed by atoms with van der Waals surface area (Å²) < 4.78 is 0. The minimum atomic E-state index is 0.0177. The SMILES string of the molecule is CCc1sc(C(=O)N[C@@H](C)c2ccccc2)cc1C. The second kappa shape index (κ2) is 6.02. The molecule has 0 aliphatic carbocycles. The molecular formula is C16H19NOS. The molecule has 1 atom stereocenters. The van der Waals surface area contributed by atoms with E-state index in [2.05, 4.69) is 19.2 Å². The predicted octanol–water partition coefficient (Wildman–Crippen LogP) is 4.11. The number of hydrogen-bond donors (Lipinski definition) is 1. The Hall–Kier alpha value is -1.61. The van der Waals surface area contributed by atoms with Crippen LogP contribution in [-0.4, -0.2) is 5.91 Å². The van der Waals surface area contributed by atoms with Gasteiger partial charge in [0.25, 0.3) is 5.91 Å². The summed E-state index contributed by atoms with van der Waals surface area (Å²) in [5.74, 6) is 0.0177. The van der Waals surface area contributed by atoms with Crippen molar-refractivity contribution in [2.75, 3.05) is 0 Å². The number of carbonyl (C=O) groups excluding carboxylic acids is 1. The van der Waals surface area contributed by atoms with Crippen LogP contribution in [0.4, 0.5) is 0 Å². The predicted molar refractivity (Wildman–Crippen MR) is 80.8 cm³/mol. The Morgan fingerprint density at radius 1 is 1.32 bits per heavy atom. The second-order valence-corrected chi connectivity index (χ2v) is 5.81. The molecule has 0 aliphatic rings. The number of nitrogens with one attached hydrogen (secondary N) is 1. The molecule has 3 heteroatoms. The molecule has 2 nitrogen and oxygen atoms in total. The smallest absolute Gasteiger partial charge is 0.261 e. The fourth-order valence-corrected chi connectivity index (χ4v) is 3.09. The highest BCUT2D eigenvalue weighted by atomic mass is 32.1. The van der Waals surface area contributed by atoms with E-state index < -0.39 is 0 Å². The van der Waals surface area contributed by atoms with Crippen LogP contribution in [0.3, 0.4) is 0 Å². The lowest BCUT2D eigenvalue weighted by atomic mass is 10.1. The minimum Gasteiger partial charge on any atom is -0.345 e. The molecule has 1 N–H and O–H groups in total. The van der Waals surface area contributed by atoms with Crippen molar-refractivity contribution in [2.45, 2.75) is 33.2 Å². The van der Waals surface area contributed by atoms with Crippen molar-refractivity contribution in [1.82, 2.24) is 5.32 Å². The molecule has 0 saturated heterocycles. The van der Waals surface area contributed by atoms with Crippen molar-refractivity contribution in [1.29, 1.82) is 0 Å². The zero-order valence-electron chi connectivity index (χ0n) is 11.6. The van der Waals surface area contributed by atoms with Crippen LogP contribution in [-0.2, 0) is 6.42 Å². The van der Waals surface area contributed by atoms with Crippen molar-refractivity contribution in [3.8, 4) is 0 Å². The van der Waals surface area contributed by atoms with E-state index in [1.54, 1.807) is 11.3 Å². The third-order valence-electron chi connectivity index (χ3n) is 3.21. The molecule has 0 unspecified atom stereocenters. The van der Waals surface area contributed by atoms with Gasteiger partial charge in [0.2, 0.25) is 0 Å². The second-order valence-electron chi connectivity index (χ2n) is 4.68. The quantitative estimate of drug-likeness (QED) is 0.892. The van der Waals surface area contributed by atoms with Gasteiger partial charge in [-0.3, -0.25) is 4.79 Å². The summed E-state index contributed by atoms with van der Waals surface area (Å²) in [6, 6.07) is 12.0. The molecule has 1 aromatic carbocycles. The monoisotopic (exact) mass is 273 g/mol. The summed E-state index contributed by atoms with van der Waals surface area (Å²) in [5.41, 5.74) is 2.34. The van der Waals surface area contributed by atoms with Gasteiger partial charge in [0.1, 0.15) is 0 Å². The molecule has 0 saturated carbocycles. The maximum atomic E-state index is 12.2. The Kier molecular flexibility index (Phi) is 4.38. The van der Waals surface area contributed by atoms with E-state index in [4.69, 9.17) is 0 Å². The molecule has 0 radical (unpaired) electrons. The van der Waals surface area contributed by atoms with Crippen LogP contribution in [0.2, 0.25) is 0 Å². The molecule has 100 valence electrons. The summed E-state index contributed by atoms with van der Waals surface area (Å²) >= 11 is 1.59. The van der Waals surface area contributed by atoms with Crippen molar-refractivity contribution < 1.29 is 4.79 Å². The van der Waals surface area contributed by atoms with Crippen molar-refractivity contribution in [2.24, 2.45) is 0 Å². The van der Waals surface area contributed by atoms with Crippen LogP contribution in [0.1, 0.15) is 45.6 Å². The highest BCUT2D eigenvalue weighted by Gasteiger charge is 2.14. The third-order valence-corrected chi connectivity index (χ3v) is 4.59. The molecule has 1 amide bonds. The average molecular weight is 273 g/mol. The average Bonchev–Trinajstić information content (AvgIpc) is 2.81. The molecule has 0 fully saturated rings. The Bertz CT molecular complexity index is 559. The topological polar surface area (TPSA) is 29.1 Å². The molecule has 19 heavy (non-hydrogen) atoms. The lowest BCUT2D eigenvalue weighted by molar-refractivity contribution is 0.0944. The zero-order chi connectivity index (χ0) is 13.8. The lowest BCUT2D eigenvalue weighted by Crippen LogP contribution is -2.25. The number of aryl methyl sites for hydroxylation is 2. The van der Waals surface area contributed by atoms with Crippen LogP contribution in [0.25, 0.3) is 0 Å². The van der Waals surface area contributed by atoms with E-state index in [-0.39, 0.29) is 11.9 Å². The van der Waals surface area contributed by atoms with E-state index in [1.807, 2.05) is 43.3 Å². The van der Waals surface area contributed by atoms with E-state index in [1.165, 1.54) is 10.4 Å². The largest absolute Gasteiger partial charge is 0.345 e. The van der Waals surface area contributed by atoms with Crippen LogP contribution < -0.4 is 5.32 Å². The fourth-order valence-electron chi connectivity index (χ4n) is 2.08. The van der Waals surface area contributed by atoms with Gasteiger partial charge in [-0.2, -0.15) is 0 Å². The van der Waals surface area contributed by atoms with Crippen molar-refractivity contribution >= 4 is 17.2 Å². The first kappa shape index (κ1) is 13.8. The Morgan fingerprint density at radius 2 is 2.00 bits per heavy atom. The summed E-state index contributed by atoms with van der Waals surface area (Å²) in [4.78, 5) is 14.3. The molecule has 1 heterocycles. The van der Waals surface area contributed by atoms with E-state index in [9.17, 15) is 4.79 Å². The number of amides is 1. The maximum absolute atomic E-state index is 12.2. The highest BCUT2D eigenvalue weighted by molar-refractivity contribution is 7.14. The van der Waals surface area contributed by atoms with E-state index in [0.717, 1.165) is 16.9 Å². The first-order chi connectivity index (χ1) is 9.11. The number of carbonyl (C=O) groups is 1. The summed E-state index contributed by atoms with van der Waals surface area (Å²) in [5, 5.41) is 3.05. The van der Waals surface area contributed by atoms with Crippen LogP contribution in [0, 0.1) is 6.92 Å². The molecule has 0 bridgehead atoms. The van der Waals surface area contributed by atoms with Gasteiger partial charge in [-0.05, 0) is 37.5 Å². The minimum absolute atomic E-state index is 0.0177. The van der Waals surface area contributed by atoms with Gasteiger partial charge < -0.3 is 5.32 Å². The number of rotatable bonds is 4. The normalized spacial score (nSPS) is 12.2. The molecule has 0 spiro atoms. The summed E-state index contributed by atoms with van der Waals surface area (Å²) in [6.45, 7) is 6.19. The first-order valence-corrected chi connectivity index (χ1v) is 7.38.